The van der Waals surface area contributed by atoms with Gasteiger partial charge < -0.3 is 14.8 Å². The van der Waals surface area contributed by atoms with Gasteiger partial charge in [0, 0.05) is 5.46 Å². The fraction of sp³-hybridized carbons (Fsp3) is 0.538. The highest BCUT2D eigenvalue weighted by atomic mass is 16.5. The highest BCUT2D eigenvalue weighted by Gasteiger charge is 2.22. The number of aryl methyl sites for hydroxylation is 1. The second-order valence-corrected chi connectivity index (χ2v) is 4.74. The van der Waals surface area contributed by atoms with Gasteiger partial charge >= 0.3 is 7.12 Å². The maximum absolute atomic E-state index is 9.33. The molecule has 1 aliphatic carbocycles. The Hall–Kier alpha value is -0.995. The third kappa shape index (κ3) is 3.02. The van der Waals surface area contributed by atoms with E-state index in [1.54, 1.807) is 6.07 Å². The van der Waals surface area contributed by atoms with Gasteiger partial charge in [0.1, 0.15) is 5.75 Å². The zero-order valence-electron chi connectivity index (χ0n) is 10.2. The first-order chi connectivity index (χ1) is 8.18. The summed E-state index contributed by atoms with van der Waals surface area (Å²) < 4.78 is 5.96. The Balaban J connectivity index is 2.18. The van der Waals surface area contributed by atoms with E-state index in [1.165, 1.54) is 19.3 Å². The van der Waals surface area contributed by atoms with Crippen LogP contribution in [0.15, 0.2) is 18.2 Å². The summed E-state index contributed by atoms with van der Waals surface area (Å²) in [4.78, 5) is 0. The zero-order valence-corrected chi connectivity index (χ0v) is 10.2. The van der Waals surface area contributed by atoms with Gasteiger partial charge in [0.25, 0.3) is 0 Å². The van der Waals surface area contributed by atoms with Gasteiger partial charge in [0.2, 0.25) is 0 Å². The van der Waals surface area contributed by atoms with Gasteiger partial charge in [-0.2, -0.15) is 0 Å². The highest BCUT2D eigenvalue weighted by Crippen LogP contribution is 2.24. The van der Waals surface area contributed by atoms with Crippen molar-refractivity contribution in [2.24, 2.45) is 0 Å². The third-order valence-corrected chi connectivity index (χ3v) is 3.36. The largest absolute Gasteiger partial charge is 0.492 e. The summed E-state index contributed by atoms with van der Waals surface area (Å²) in [6.45, 7) is 1.93. The summed E-state index contributed by atoms with van der Waals surface area (Å²) in [5, 5.41) is 18.7. The molecule has 2 rings (SSSR count). The smallest absolute Gasteiger partial charge is 0.491 e. The Morgan fingerprint density at radius 1 is 1.18 bits per heavy atom. The average Bonchev–Trinajstić information content (AvgIpc) is 2.33. The van der Waals surface area contributed by atoms with Crippen LogP contribution in [0.3, 0.4) is 0 Å². The minimum absolute atomic E-state index is 0.224. The molecule has 1 fully saturated rings. The van der Waals surface area contributed by atoms with Crippen LogP contribution in [0.2, 0.25) is 0 Å². The lowest BCUT2D eigenvalue weighted by atomic mass is 9.78. The van der Waals surface area contributed by atoms with Gasteiger partial charge in [-0.1, -0.05) is 24.6 Å². The first-order valence-corrected chi connectivity index (χ1v) is 6.31. The van der Waals surface area contributed by atoms with Crippen LogP contribution in [0.4, 0.5) is 0 Å². The Kier molecular flexibility index (Phi) is 4.08. The maximum atomic E-state index is 9.33. The topological polar surface area (TPSA) is 49.7 Å². The predicted molar refractivity (Wildman–Crippen MR) is 68.5 cm³/mol. The summed E-state index contributed by atoms with van der Waals surface area (Å²) in [7, 11) is -1.46. The molecule has 3 nitrogen and oxygen atoms in total. The average molecular weight is 234 g/mol. The molecule has 0 aromatic heterocycles. The van der Waals surface area contributed by atoms with Crippen molar-refractivity contribution in [1.29, 1.82) is 0 Å². The normalized spacial score (nSPS) is 16.9. The van der Waals surface area contributed by atoms with Crippen molar-refractivity contribution in [2.75, 3.05) is 0 Å². The second kappa shape index (κ2) is 5.56. The third-order valence-electron chi connectivity index (χ3n) is 3.36. The van der Waals surface area contributed by atoms with Crippen LogP contribution >= 0.6 is 0 Å². The van der Waals surface area contributed by atoms with Gasteiger partial charge in [-0.25, -0.2) is 0 Å². The molecule has 0 bridgehead atoms. The van der Waals surface area contributed by atoms with E-state index in [1.807, 2.05) is 19.1 Å². The van der Waals surface area contributed by atoms with E-state index in [4.69, 9.17) is 4.74 Å². The highest BCUT2D eigenvalue weighted by molar-refractivity contribution is 6.59. The van der Waals surface area contributed by atoms with Crippen LogP contribution in [0.25, 0.3) is 0 Å². The molecule has 0 radical (unpaired) electrons. The van der Waals surface area contributed by atoms with Crippen molar-refractivity contribution >= 4 is 12.6 Å². The van der Waals surface area contributed by atoms with Gasteiger partial charge in [-0.3, -0.25) is 0 Å². The van der Waals surface area contributed by atoms with E-state index in [0.29, 0.717) is 11.2 Å². The first kappa shape index (κ1) is 12.5. The molecular weight excluding hydrogens is 215 g/mol. The molecule has 2 N–H and O–H groups in total. The van der Waals surface area contributed by atoms with Crippen molar-refractivity contribution in [3.8, 4) is 5.75 Å². The summed E-state index contributed by atoms with van der Waals surface area (Å²) >= 11 is 0. The Labute approximate surface area is 103 Å². The van der Waals surface area contributed by atoms with E-state index >= 15 is 0 Å². The lowest BCUT2D eigenvalue weighted by molar-refractivity contribution is 0.155. The standard InChI is InChI=1S/C13H19BO3/c1-10-6-5-9-12(14(15)16)13(10)17-11-7-3-2-4-8-11/h5-6,9,11,15-16H,2-4,7-8H2,1H3. The zero-order chi connectivity index (χ0) is 12.3. The van der Waals surface area contributed by atoms with Crippen molar-refractivity contribution in [3.05, 3.63) is 23.8 Å². The fourth-order valence-corrected chi connectivity index (χ4v) is 2.39. The number of hydrogen-bond donors (Lipinski definition) is 2. The lowest BCUT2D eigenvalue weighted by Crippen LogP contribution is -2.34. The van der Waals surface area contributed by atoms with Crippen LogP contribution in [-0.2, 0) is 0 Å². The Morgan fingerprint density at radius 2 is 1.88 bits per heavy atom. The summed E-state index contributed by atoms with van der Waals surface area (Å²) in [5.74, 6) is 0.648. The monoisotopic (exact) mass is 234 g/mol. The Bertz CT molecular complexity index is 373. The van der Waals surface area contributed by atoms with Gasteiger partial charge in [0.15, 0.2) is 0 Å². The summed E-state index contributed by atoms with van der Waals surface area (Å²) in [5.41, 5.74) is 1.43. The summed E-state index contributed by atoms with van der Waals surface area (Å²) in [6, 6.07) is 5.46. The molecule has 1 saturated carbocycles. The van der Waals surface area contributed by atoms with Crippen LogP contribution in [0.5, 0.6) is 5.75 Å². The number of rotatable bonds is 3. The van der Waals surface area contributed by atoms with Gasteiger partial charge in [0.05, 0.1) is 6.10 Å². The fourth-order valence-electron chi connectivity index (χ4n) is 2.39. The van der Waals surface area contributed by atoms with Crippen LogP contribution in [0, 0.1) is 6.92 Å². The predicted octanol–water partition coefficient (Wildman–Crippen LogP) is 1.39. The van der Waals surface area contributed by atoms with Crippen LogP contribution in [-0.4, -0.2) is 23.3 Å². The molecule has 0 saturated heterocycles. The van der Waals surface area contributed by atoms with Crippen molar-refractivity contribution in [3.63, 3.8) is 0 Å². The molecule has 1 aromatic rings. The molecule has 92 valence electrons. The van der Waals surface area contributed by atoms with E-state index in [-0.39, 0.29) is 6.10 Å². The second-order valence-electron chi connectivity index (χ2n) is 4.74. The van der Waals surface area contributed by atoms with E-state index in [2.05, 4.69) is 0 Å². The number of hydrogen-bond acceptors (Lipinski definition) is 3. The summed E-state index contributed by atoms with van der Waals surface area (Å²) in [6.07, 6.45) is 6.04. The number of ether oxygens (including phenoxy) is 1. The SMILES string of the molecule is Cc1cccc(B(O)O)c1OC1CCCCC1. The minimum Gasteiger partial charge on any atom is -0.491 e. The molecule has 0 aliphatic heterocycles. The van der Waals surface area contributed by atoms with Crippen LogP contribution < -0.4 is 10.2 Å². The molecule has 0 heterocycles. The van der Waals surface area contributed by atoms with Crippen molar-refractivity contribution < 1.29 is 14.8 Å². The quantitative estimate of drug-likeness (QED) is 0.777. The Morgan fingerprint density at radius 3 is 2.53 bits per heavy atom. The molecule has 1 aliphatic rings. The molecule has 0 spiro atoms. The number of para-hydroxylation sites is 1. The van der Waals surface area contributed by atoms with Gasteiger partial charge in [-0.05, 0) is 38.2 Å². The number of benzene rings is 1. The first-order valence-electron chi connectivity index (χ1n) is 6.31. The molecule has 17 heavy (non-hydrogen) atoms. The van der Waals surface area contributed by atoms with E-state index in [9.17, 15) is 10.0 Å². The molecule has 0 atom stereocenters. The van der Waals surface area contributed by atoms with Crippen molar-refractivity contribution in [2.45, 2.75) is 45.1 Å². The minimum atomic E-state index is -1.46. The lowest BCUT2D eigenvalue weighted by Gasteiger charge is -2.25. The molecular formula is C13H19BO3. The molecule has 1 aromatic carbocycles. The van der Waals surface area contributed by atoms with Gasteiger partial charge in [-0.15, -0.1) is 0 Å². The molecule has 0 unspecified atom stereocenters. The molecule has 0 amide bonds. The maximum Gasteiger partial charge on any atom is 0.492 e. The van der Waals surface area contributed by atoms with Crippen LogP contribution in [0.1, 0.15) is 37.7 Å². The molecule has 4 heteroatoms. The van der Waals surface area contributed by atoms with Crippen molar-refractivity contribution in [1.82, 2.24) is 0 Å². The van der Waals surface area contributed by atoms with E-state index in [0.717, 1.165) is 18.4 Å². The van der Waals surface area contributed by atoms with E-state index < -0.39 is 7.12 Å².